The third-order valence-corrected chi connectivity index (χ3v) is 6.98. The van der Waals surface area contributed by atoms with E-state index in [0.29, 0.717) is 28.7 Å². The summed E-state index contributed by atoms with van der Waals surface area (Å²) in [5.74, 6) is -0.461. The Morgan fingerprint density at radius 1 is 0.959 bits per heavy atom. The van der Waals surface area contributed by atoms with E-state index in [4.69, 9.17) is 21.1 Å². The fraction of sp³-hybridized carbons (Fsp3) is 0.303. The molecule has 13 N–H and O–H groups in total. The Morgan fingerprint density at radius 3 is 1.96 bits per heavy atom. The van der Waals surface area contributed by atoms with Gasteiger partial charge in [0.05, 0.1) is 28.0 Å². The number of phenols is 2. The average Bonchev–Trinajstić information content (AvgIpc) is 3.52. The molecule has 1 heterocycles. The molecule has 3 aromatic carbocycles. The second kappa shape index (κ2) is 22.4. The molecule has 0 aliphatic heterocycles. The van der Waals surface area contributed by atoms with Gasteiger partial charge in [-0.05, 0) is 82.0 Å². The molecule has 4 rings (SSSR count). The van der Waals surface area contributed by atoms with Crippen molar-refractivity contribution in [2.75, 3.05) is 20.6 Å². The lowest BCUT2D eigenvalue weighted by molar-refractivity contribution is -0.111. The van der Waals surface area contributed by atoms with Crippen LogP contribution in [0.25, 0.3) is 33.5 Å². The van der Waals surface area contributed by atoms with E-state index in [1.54, 1.807) is 45.2 Å². The minimum absolute atomic E-state index is 0.00815. The summed E-state index contributed by atoms with van der Waals surface area (Å²) in [5, 5.41) is 37.3. The Hall–Kier alpha value is -5.16. The Labute approximate surface area is 287 Å². The molecular weight excluding hydrogens is 652 g/mol. The van der Waals surface area contributed by atoms with Gasteiger partial charge >= 0.3 is 0 Å². The number of benzene rings is 3. The molecule has 0 radical (unpaired) electrons. The number of fused-ring (bicyclic) bond motifs is 1. The van der Waals surface area contributed by atoms with Gasteiger partial charge in [0.1, 0.15) is 35.7 Å². The Balaban J connectivity index is 0. The van der Waals surface area contributed by atoms with E-state index in [-0.39, 0.29) is 51.2 Å². The molecule has 15 nitrogen and oxygen atoms in total. The lowest BCUT2D eigenvalue weighted by Crippen LogP contribution is -2.19. The number of amides is 1. The van der Waals surface area contributed by atoms with Crippen molar-refractivity contribution >= 4 is 45.9 Å². The highest BCUT2D eigenvalue weighted by molar-refractivity contribution is 7.89. The van der Waals surface area contributed by atoms with Crippen molar-refractivity contribution in [3.8, 4) is 34.0 Å². The summed E-state index contributed by atoms with van der Waals surface area (Å²) in [4.78, 5) is 37.1. The van der Waals surface area contributed by atoms with Crippen molar-refractivity contribution in [2.24, 2.45) is 22.3 Å². The number of rotatable bonds is 8. The first-order chi connectivity index (χ1) is 23.1. The first-order valence-electron chi connectivity index (χ1n) is 15.0. The van der Waals surface area contributed by atoms with E-state index in [2.05, 4.69) is 26.8 Å². The van der Waals surface area contributed by atoms with Crippen molar-refractivity contribution in [1.29, 1.82) is 5.41 Å². The Morgan fingerprint density at radius 2 is 1.51 bits per heavy atom. The number of primary amides is 1. The van der Waals surface area contributed by atoms with Gasteiger partial charge in [-0.2, -0.15) is 0 Å². The van der Waals surface area contributed by atoms with Crippen LogP contribution < -0.4 is 27.7 Å². The lowest BCUT2D eigenvalue weighted by atomic mass is 9.83. The number of nitrogens with two attached hydrogens (primary N) is 4. The van der Waals surface area contributed by atoms with E-state index in [1.165, 1.54) is 13.1 Å². The summed E-state index contributed by atoms with van der Waals surface area (Å²) in [6, 6.07) is 11.5. The molecule has 0 saturated carbocycles. The molecule has 0 aliphatic rings. The maximum Gasteiger partial charge on any atom is 0.238 e. The lowest BCUT2D eigenvalue weighted by Gasteiger charge is -2.21. The maximum atomic E-state index is 11.9. The van der Waals surface area contributed by atoms with Crippen LogP contribution >= 0.6 is 0 Å². The number of hydrogen-bond acceptors (Lipinski definition) is 11. The summed E-state index contributed by atoms with van der Waals surface area (Å²) in [7, 11) is -0.861. The topological polar surface area (TPSA) is 294 Å². The van der Waals surface area contributed by atoms with Crippen LogP contribution in [-0.4, -0.2) is 74.1 Å². The van der Waals surface area contributed by atoms with Crippen molar-refractivity contribution < 1.29 is 33.0 Å². The number of nitrogen functional groups attached to an aromatic ring is 1. The van der Waals surface area contributed by atoms with Gasteiger partial charge in [0.15, 0.2) is 0 Å². The van der Waals surface area contributed by atoms with E-state index in [0.717, 1.165) is 30.8 Å². The molecule has 0 saturated heterocycles. The predicted octanol–water partition coefficient (Wildman–Crippen LogP) is 2.85. The molecule has 16 heteroatoms. The molecule has 270 valence electrons. The van der Waals surface area contributed by atoms with Gasteiger partial charge in [0.2, 0.25) is 16.4 Å². The number of sulfonamides is 1. The first kappa shape index (κ1) is 46.0. The Bertz CT molecular complexity index is 1770. The number of primary sulfonamides is 1. The molecule has 49 heavy (non-hydrogen) atoms. The van der Waals surface area contributed by atoms with Gasteiger partial charge in [-0.15, -0.1) is 0 Å². The SMILES string of the molecule is CC.CC.CC(C)(C=O)c1cc(-c2nc3ccc(C(=N)N)cc3[nH]2)c(O)c(-c2cc(S(N)(=O)=O)ccc2O)c1.CN.CNCC=O.NC=O. The number of aldehydes is 2. The van der Waals surface area contributed by atoms with Crippen LogP contribution in [0.15, 0.2) is 53.4 Å². The van der Waals surface area contributed by atoms with Crippen LogP contribution in [0.3, 0.4) is 0 Å². The molecule has 0 aliphatic carbocycles. The predicted molar refractivity (Wildman–Crippen MR) is 195 cm³/mol. The third kappa shape index (κ3) is 13.1. The highest BCUT2D eigenvalue weighted by Crippen LogP contribution is 2.44. The maximum absolute atomic E-state index is 11.9. The summed E-state index contributed by atoms with van der Waals surface area (Å²) in [5.41, 5.74) is 15.6. The molecule has 0 bridgehead atoms. The van der Waals surface area contributed by atoms with Crippen molar-refractivity contribution in [1.82, 2.24) is 15.3 Å². The van der Waals surface area contributed by atoms with Crippen LogP contribution in [0.5, 0.6) is 11.5 Å². The minimum atomic E-state index is -4.09. The molecular formula is C33H50N8O7S. The first-order valence-corrected chi connectivity index (χ1v) is 16.6. The van der Waals surface area contributed by atoms with Gasteiger partial charge < -0.3 is 47.3 Å². The average molecular weight is 703 g/mol. The summed E-state index contributed by atoms with van der Waals surface area (Å²) in [6.07, 6.45) is 1.81. The highest BCUT2D eigenvalue weighted by Gasteiger charge is 2.26. The number of amidine groups is 1. The summed E-state index contributed by atoms with van der Waals surface area (Å²) in [6.45, 7) is 11.8. The number of aromatic hydroxyl groups is 2. The number of imidazole rings is 1. The summed E-state index contributed by atoms with van der Waals surface area (Å²) >= 11 is 0. The minimum Gasteiger partial charge on any atom is -0.507 e. The zero-order valence-electron chi connectivity index (χ0n) is 29.2. The number of nitrogens with zero attached hydrogens (tertiary/aromatic N) is 1. The number of carbonyl (C=O) groups is 3. The van der Waals surface area contributed by atoms with E-state index in [9.17, 15) is 28.2 Å². The standard InChI is InChI=1S/C24H23N5O5S.C3H7NO.2C2H6.CH3NO.CH5N/c1-24(2,11-30)13-8-16(15-10-14(35(27,33)34)4-6-20(15)31)21(32)17(9-13)23-28-18-5-3-12(22(25)26)7-19(18)29-23;1-4-2-3-5;2*1-2;2-1-3;1-2/h3-11,31-32H,1-2H3,(H3,25,26)(H,28,29)(H2,27,33,34);3-4H,2H2,1H3;2*1-2H3;1H,(H2,2,3);2H2,1H3. The summed E-state index contributed by atoms with van der Waals surface area (Å²) < 4.78 is 23.8. The van der Waals surface area contributed by atoms with E-state index in [1.807, 2.05) is 27.7 Å². The van der Waals surface area contributed by atoms with Gasteiger partial charge in [0, 0.05) is 22.1 Å². The number of phenolic OH excluding ortho intramolecular Hbond substituents is 2. The molecule has 4 aromatic rings. The number of aromatic nitrogens is 2. The largest absolute Gasteiger partial charge is 0.507 e. The van der Waals surface area contributed by atoms with E-state index < -0.39 is 15.4 Å². The second-order valence-electron chi connectivity index (χ2n) is 9.57. The normalized spacial score (nSPS) is 10.0. The van der Waals surface area contributed by atoms with Crippen LogP contribution in [0.1, 0.15) is 52.7 Å². The van der Waals surface area contributed by atoms with Crippen molar-refractivity contribution in [3.63, 3.8) is 0 Å². The van der Waals surface area contributed by atoms with Gasteiger partial charge in [0.25, 0.3) is 0 Å². The van der Waals surface area contributed by atoms with Gasteiger partial charge in [-0.1, -0.05) is 27.7 Å². The highest BCUT2D eigenvalue weighted by atomic mass is 32.2. The molecule has 1 aromatic heterocycles. The van der Waals surface area contributed by atoms with Crippen LogP contribution in [0, 0.1) is 5.41 Å². The van der Waals surface area contributed by atoms with Crippen molar-refractivity contribution in [2.45, 2.75) is 51.9 Å². The second-order valence-corrected chi connectivity index (χ2v) is 11.1. The number of carbonyl (C=O) groups excluding carboxylic acids is 3. The third-order valence-electron chi connectivity index (χ3n) is 6.07. The van der Waals surface area contributed by atoms with Crippen LogP contribution in [-0.2, 0) is 29.8 Å². The molecule has 0 fully saturated rings. The quantitative estimate of drug-likeness (QED) is 0.0730. The molecule has 0 spiro atoms. The Kier molecular flexibility index (Phi) is 21.0. The fourth-order valence-corrected chi connectivity index (χ4v) is 4.30. The van der Waals surface area contributed by atoms with Crippen molar-refractivity contribution in [3.05, 3.63) is 59.7 Å². The number of H-pyrrole nitrogens is 1. The van der Waals surface area contributed by atoms with Crippen LogP contribution in [0.2, 0.25) is 0 Å². The smallest absolute Gasteiger partial charge is 0.238 e. The number of aromatic amines is 1. The molecule has 0 atom stereocenters. The van der Waals surface area contributed by atoms with Crippen LogP contribution in [0.4, 0.5) is 0 Å². The van der Waals surface area contributed by atoms with E-state index >= 15 is 0 Å². The zero-order chi connectivity index (χ0) is 38.5. The van der Waals surface area contributed by atoms with Gasteiger partial charge in [-0.3, -0.25) is 10.2 Å². The molecule has 0 unspecified atom stereocenters. The number of hydrogen-bond donors (Lipinski definition) is 9. The molecule has 1 amide bonds. The number of likely N-dealkylation sites (N-methyl/N-ethyl adjacent to an activating group) is 1. The monoisotopic (exact) mass is 702 g/mol. The van der Waals surface area contributed by atoms with Gasteiger partial charge in [-0.25, -0.2) is 18.5 Å². The zero-order valence-corrected chi connectivity index (χ0v) is 30.0. The number of nitrogens with one attached hydrogen (secondary N) is 3. The fourth-order valence-electron chi connectivity index (χ4n) is 3.76.